The Bertz CT molecular complexity index is 415. The first-order valence-electron chi connectivity index (χ1n) is 4.94. The summed E-state index contributed by atoms with van der Waals surface area (Å²) in [6.07, 6.45) is -0.946. The first-order chi connectivity index (χ1) is 8.24. The van der Waals surface area contributed by atoms with Crippen LogP contribution >= 0.6 is 0 Å². The Hall–Kier alpha value is -2.04. The van der Waals surface area contributed by atoms with Crippen LogP contribution in [-0.4, -0.2) is 26.3 Å². The zero-order chi connectivity index (χ0) is 12.7. The molecule has 90 valence electrons. The van der Waals surface area contributed by atoms with Crippen LogP contribution in [0.4, 0.5) is 0 Å². The molecule has 0 heterocycles. The van der Waals surface area contributed by atoms with Crippen molar-refractivity contribution in [2.75, 3.05) is 14.2 Å². The second-order valence-corrected chi connectivity index (χ2v) is 3.24. The number of carbonyl (C=O) groups excluding carboxylic acids is 1. The van der Waals surface area contributed by atoms with Gasteiger partial charge in [-0.1, -0.05) is 35.4 Å². The summed E-state index contributed by atoms with van der Waals surface area (Å²) in [4.78, 5) is 14.2. The average Bonchev–Trinajstić information content (AvgIpc) is 2.39. The molecule has 0 fully saturated rings. The van der Waals surface area contributed by atoms with Gasteiger partial charge in [-0.3, -0.25) is 0 Å². The van der Waals surface area contributed by atoms with E-state index in [0.29, 0.717) is 5.56 Å². The summed E-state index contributed by atoms with van der Waals surface area (Å²) in [6.45, 7) is 0. The van der Waals surface area contributed by atoms with Gasteiger partial charge in [-0.15, -0.1) is 0 Å². The molecule has 0 radical (unpaired) electrons. The van der Waals surface area contributed by atoms with Crippen LogP contribution in [-0.2, 0) is 14.3 Å². The van der Waals surface area contributed by atoms with Gasteiger partial charge in [-0.05, 0) is 11.1 Å². The number of nitrogens with zero attached hydrogens (tertiary/aromatic N) is 3. The van der Waals surface area contributed by atoms with Crippen LogP contribution in [0.3, 0.4) is 0 Å². The molecule has 0 bridgehead atoms. The smallest absolute Gasteiger partial charge is 0.335 e. The van der Waals surface area contributed by atoms with E-state index < -0.39 is 18.1 Å². The van der Waals surface area contributed by atoms with Crippen LogP contribution < -0.4 is 0 Å². The highest BCUT2D eigenvalue weighted by molar-refractivity contribution is 5.75. The summed E-state index contributed by atoms with van der Waals surface area (Å²) >= 11 is 0. The Morgan fingerprint density at radius 1 is 1.35 bits per heavy atom. The van der Waals surface area contributed by atoms with E-state index in [1.54, 1.807) is 24.3 Å². The number of azide groups is 1. The first-order valence-corrected chi connectivity index (χ1v) is 4.94. The second kappa shape index (κ2) is 6.52. The number of rotatable bonds is 5. The van der Waals surface area contributed by atoms with Crippen LogP contribution in [0.2, 0.25) is 0 Å². The minimum Gasteiger partial charge on any atom is -0.467 e. The van der Waals surface area contributed by atoms with Crippen LogP contribution in [0.5, 0.6) is 0 Å². The molecule has 1 aromatic carbocycles. The van der Waals surface area contributed by atoms with Crippen molar-refractivity contribution in [2.24, 2.45) is 5.11 Å². The highest BCUT2D eigenvalue weighted by atomic mass is 16.6. The van der Waals surface area contributed by atoms with Crippen molar-refractivity contribution in [1.82, 2.24) is 0 Å². The van der Waals surface area contributed by atoms with E-state index in [1.807, 2.05) is 6.07 Å². The number of esters is 1. The first kappa shape index (κ1) is 13.0. The van der Waals surface area contributed by atoms with Gasteiger partial charge in [0, 0.05) is 12.0 Å². The van der Waals surface area contributed by atoms with Gasteiger partial charge in [-0.2, -0.15) is 0 Å². The Morgan fingerprint density at radius 3 is 2.47 bits per heavy atom. The summed E-state index contributed by atoms with van der Waals surface area (Å²) < 4.78 is 9.64. The van der Waals surface area contributed by atoms with Crippen molar-refractivity contribution in [3.8, 4) is 0 Å². The van der Waals surface area contributed by atoms with Crippen LogP contribution in [0, 0.1) is 0 Å². The molecule has 1 rings (SSSR count). The van der Waals surface area contributed by atoms with Crippen LogP contribution in [0.25, 0.3) is 10.4 Å². The lowest BCUT2D eigenvalue weighted by molar-refractivity contribution is -0.153. The minimum absolute atomic E-state index is 0.575. The molecule has 0 amide bonds. The third-order valence-electron chi connectivity index (χ3n) is 2.29. The maximum Gasteiger partial charge on any atom is 0.335 e. The normalized spacial score (nSPS) is 13.3. The lowest BCUT2D eigenvalue weighted by Gasteiger charge is -2.19. The molecule has 1 aromatic rings. The van der Waals surface area contributed by atoms with E-state index in [9.17, 15) is 4.79 Å². The van der Waals surface area contributed by atoms with Crippen molar-refractivity contribution in [1.29, 1.82) is 0 Å². The van der Waals surface area contributed by atoms with Crippen molar-refractivity contribution in [3.63, 3.8) is 0 Å². The molecular formula is C11H13N3O3. The molecule has 2 unspecified atom stereocenters. The number of benzene rings is 1. The van der Waals surface area contributed by atoms with Gasteiger partial charge in [0.05, 0.1) is 13.2 Å². The van der Waals surface area contributed by atoms with Crippen molar-refractivity contribution < 1.29 is 14.3 Å². The quantitative estimate of drug-likeness (QED) is 0.339. The molecule has 0 aliphatic heterocycles. The van der Waals surface area contributed by atoms with E-state index in [1.165, 1.54) is 14.2 Å². The molecule has 0 N–H and O–H groups in total. The Morgan fingerprint density at radius 2 is 2.00 bits per heavy atom. The molecule has 0 aliphatic carbocycles. The van der Waals surface area contributed by atoms with Crippen molar-refractivity contribution in [3.05, 3.63) is 46.3 Å². The van der Waals surface area contributed by atoms with Gasteiger partial charge in [0.2, 0.25) is 0 Å². The minimum atomic E-state index is -0.946. The van der Waals surface area contributed by atoms with Gasteiger partial charge in [0.15, 0.2) is 6.10 Å². The lowest BCUT2D eigenvalue weighted by atomic mass is 10.0. The topological polar surface area (TPSA) is 84.3 Å². The van der Waals surface area contributed by atoms with E-state index in [-0.39, 0.29) is 0 Å². The number of carbonyl (C=O) groups is 1. The molecule has 6 heteroatoms. The summed E-state index contributed by atoms with van der Waals surface area (Å²) in [5.74, 6) is -0.575. The molecule has 0 spiro atoms. The molecule has 0 saturated heterocycles. The van der Waals surface area contributed by atoms with Gasteiger partial charge in [-0.25, -0.2) is 4.79 Å². The van der Waals surface area contributed by atoms with E-state index in [2.05, 4.69) is 14.8 Å². The van der Waals surface area contributed by atoms with Crippen LogP contribution in [0.1, 0.15) is 11.6 Å². The second-order valence-electron chi connectivity index (χ2n) is 3.24. The molecular weight excluding hydrogens is 222 g/mol. The third-order valence-corrected chi connectivity index (χ3v) is 2.29. The van der Waals surface area contributed by atoms with Crippen molar-refractivity contribution >= 4 is 5.97 Å². The van der Waals surface area contributed by atoms with E-state index >= 15 is 0 Å². The van der Waals surface area contributed by atoms with E-state index in [0.717, 1.165) is 0 Å². The lowest BCUT2D eigenvalue weighted by Crippen LogP contribution is -2.30. The highest BCUT2D eigenvalue weighted by Gasteiger charge is 2.29. The summed E-state index contributed by atoms with van der Waals surface area (Å²) in [5.41, 5.74) is 9.24. The number of hydrogen-bond donors (Lipinski definition) is 0. The molecule has 17 heavy (non-hydrogen) atoms. The average molecular weight is 235 g/mol. The van der Waals surface area contributed by atoms with Gasteiger partial charge >= 0.3 is 5.97 Å². The van der Waals surface area contributed by atoms with Crippen molar-refractivity contribution in [2.45, 2.75) is 12.1 Å². The molecule has 0 aliphatic rings. The van der Waals surface area contributed by atoms with Gasteiger partial charge in [0.25, 0.3) is 0 Å². The highest BCUT2D eigenvalue weighted by Crippen LogP contribution is 2.24. The SMILES string of the molecule is COC(=O)C(OC)C(N=[N+]=[N-])c1ccccc1. The zero-order valence-electron chi connectivity index (χ0n) is 9.61. The largest absolute Gasteiger partial charge is 0.467 e. The predicted octanol–water partition coefficient (Wildman–Crippen LogP) is 2.23. The summed E-state index contributed by atoms with van der Waals surface area (Å²) in [7, 11) is 2.62. The summed E-state index contributed by atoms with van der Waals surface area (Å²) in [6, 6.07) is 8.19. The Kier molecular flexibility index (Phi) is 5.00. The number of ether oxygens (including phenoxy) is 2. The zero-order valence-corrected chi connectivity index (χ0v) is 9.61. The molecule has 0 saturated carbocycles. The number of hydrogen-bond acceptors (Lipinski definition) is 4. The van der Waals surface area contributed by atoms with Gasteiger partial charge in [0.1, 0.15) is 0 Å². The standard InChI is InChI=1S/C11H13N3O3/c1-16-10(11(15)17-2)9(13-14-12)8-6-4-3-5-7-8/h3-7,9-10H,1-2H3. The fourth-order valence-corrected chi connectivity index (χ4v) is 1.48. The number of methoxy groups -OCH3 is 2. The van der Waals surface area contributed by atoms with E-state index in [4.69, 9.17) is 10.3 Å². The fourth-order valence-electron chi connectivity index (χ4n) is 1.48. The third kappa shape index (κ3) is 3.21. The van der Waals surface area contributed by atoms with Crippen LogP contribution in [0.15, 0.2) is 35.4 Å². The molecule has 2 atom stereocenters. The predicted molar refractivity (Wildman–Crippen MR) is 61.1 cm³/mol. The monoisotopic (exact) mass is 235 g/mol. The maximum atomic E-state index is 11.5. The fraction of sp³-hybridized carbons (Fsp3) is 0.364. The Balaban J connectivity index is 3.08. The van der Waals surface area contributed by atoms with Gasteiger partial charge < -0.3 is 9.47 Å². The molecule has 0 aromatic heterocycles. The maximum absolute atomic E-state index is 11.5. The summed E-state index contributed by atoms with van der Waals surface area (Å²) in [5, 5.41) is 3.59. The Labute approximate surface area is 98.8 Å². The molecule has 6 nitrogen and oxygen atoms in total.